The van der Waals surface area contributed by atoms with Gasteiger partial charge in [0, 0.05) is 12.5 Å². The molecular formula is C25H23ClN2O4S. The highest BCUT2D eigenvalue weighted by Crippen LogP contribution is 2.38. The monoisotopic (exact) mass is 482 g/mol. The Morgan fingerprint density at radius 1 is 1.12 bits per heavy atom. The molecule has 1 N–H and O–H groups in total. The Hall–Kier alpha value is -2.90. The zero-order valence-corrected chi connectivity index (χ0v) is 19.4. The Morgan fingerprint density at radius 3 is 2.70 bits per heavy atom. The molecule has 2 aliphatic rings. The van der Waals surface area contributed by atoms with E-state index in [1.165, 1.54) is 24.2 Å². The maximum Gasteiger partial charge on any atom is 0.269 e. The van der Waals surface area contributed by atoms with Crippen molar-refractivity contribution >= 4 is 34.6 Å². The van der Waals surface area contributed by atoms with Gasteiger partial charge >= 0.3 is 0 Å². The lowest BCUT2D eigenvalue weighted by Gasteiger charge is -2.39. The van der Waals surface area contributed by atoms with E-state index in [9.17, 15) is 9.59 Å². The summed E-state index contributed by atoms with van der Waals surface area (Å²) in [5.41, 5.74) is 0.264. The van der Waals surface area contributed by atoms with Crippen LogP contribution in [0.5, 0.6) is 11.6 Å². The predicted molar refractivity (Wildman–Crippen MR) is 126 cm³/mol. The van der Waals surface area contributed by atoms with Crippen molar-refractivity contribution in [3.8, 4) is 11.6 Å². The van der Waals surface area contributed by atoms with Crippen molar-refractivity contribution in [1.29, 1.82) is 0 Å². The number of para-hydroxylation sites is 1. The maximum absolute atomic E-state index is 13.3. The van der Waals surface area contributed by atoms with Crippen LogP contribution in [-0.4, -0.2) is 29.4 Å². The highest BCUT2D eigenvalue weighted by atomic mass is 35.5. The van der Waals surface area contributed by atoms with E-state index in [1.54, 1.807) is 30.3 Å². The average molecular weight is 483 g/mol. The zero-order valence-electron chi connectivity index (χ0n) is 17.8. The first-order valence-corrected chi connectivity index (χ1v) is 12.3. The van der Waals surface area contributed by atoms with Gasteiger partial charge in [0.25, 0.3) is 5.91 Å². The molecular weight excluding hydrogens is 460 g/mol. The summed E-state index contributed by atoms with van der Waals surface area (Å²) in [6.07, 6.45) is 2.27. The maximum atomic E-state index is 13.3. The number of nitrogens with one attached hydrogen (secondary N) is 1. The van der Waals surface area contributed by atoms with Crippen LogP contribution in [0.4, 0.5) is 0 Å². The minimum absolute atomic E-state index is 0.00310. The third kappa shape index (κ3) is 4.61. The standard InChI is InChI=1S/C25H23ClN2O4S/c26-18-4-1-2-5-20(18)32-23-19(29)14-25(28-24(23)30,17-11-13-33-15-17)21-6-3-7-22(27-21)31-12-10-16-8-9-16/h1-7,11,13,15-16,23H,8-10,12,14H2,(H,28,30). The van der Waals surface area contributed by atoms with Crippen molar-refractivity contribution in [3.05, 3.63) is 75.6 Å². The lowest BCUT2D eigenvalue weighted by atomic mass is 9.79. The largest absolute Gasteiger partial charge is 0.478 e. The number of thiophene rings is 1. The van der Waals surface area contributed by atoms with E-state index in [4.69, 9.17) is 21.1 Å². The minimum Gasteiger partial charge on any atom is -0.478 e. The number of ketones is 1. The van der Waals surface area contributed by atoms with Gasteiger partial charge in [-0.05, 0) is 52.9 Å². The number of carbonyl (C=O) groups is 2. The van der Waals surface area contributed by atoms with Gasteiger partial charge in [-0.15, -0.1) is 0 Å². The third-order valence-electron chi connectivity index (χ3n) is 6.04. The van der Waals surface area contributed by atoms with Crippen molar-refractivity contribution in [3.63, 3.8) is 0 Å². The van der Waals surface area contributed by atoms with Gasteiger partial charge in [0.2, 0.25) is 12.0 Å². The van der Waals surface area contributed by atoms with Gasteiger partial charge < -0.3 is 14.8 Å². The molecule has 2 atom stereocenters. The van der Waals surface area contributed by atoms with Gasteiger partial charge in [0.15, 0.2) is 5.78 Å². The molecule has 33 heavy (non-hydrogen) atoms. The Morgan fingerprint density at radius 2 is 1.97 bits per heavy atom. The van der Waals surface area contributed by atoms with E-state index >= 15 is 0 Å². The zero-order chi connectivity index (χ0) is 22.8. The highest BCUT2D eigenvalue weighted by Gasteiger charge is 2.49. The van der Waals surface area contributed by atoms with Crippen LogP contribution in [0.1, 0.15) is 36.9 Å². The number of benzene rings is 1. The Kier molecular flexibility index (Phi) is 6.08. The van der Waals surface area contributed by atoms with Crippen LogP contribution in [0.25, 0.3) is 0 Å². The van der Waals surface area contributed by atoms with E-state index in [-0.39, 0.29) is 12.2 Å². The topological polar surface area (TPSA) is 77.5 Å². The first-order valence-electron chi connectivity index (χ1n) is 10.9. The van der Waals surface area contributed by atoms with Crippen LogP contribution >= 0.6 is 22.9 Å². The van der Waals surface area contributed by atoms with Gasteiger partial charge in [-0.2, -0.15) is 11.3 Å². The molecule has 5 rings (SSSR count). The molecule has 3 heterocycles. The summed E-state index contributed by atoms with van der Waals surface area (Å²) < 4.78 is 11.6. The van der Waals surface area contributed by atoms with E-state index in [1.807, 2.05) is 29.0 Å². The molecule has 3 aromatic rings. The van der Waals surface area contributed by atoms with E-state index in [2.05, 4.69) is 10.3 Å². The number of amides is 1. The molecule has 0 bridgehead atoms. The summed E-state index contributed by atoms with van der Waals surface area (Å²) >= 11 is 7.66. The third-order valence-corrected chi connectivity index (χ3v) is 7.03. The molecule has 2 unspecified atom stereocenters. The van der Waals surface area contributed by atoms with Crippen molar-refractivity contribution in [1.82, 2.24) is 10.3 Å². The van der Waals surface area contributed by atoms with Crippen LogP contribution in [0.15, 0.2) is 59.3 Å². The first-order chi connectivity index (χ1) is 16.0. The van der Waals surface area contributed by atoms with Crippen LogP contribution in [-0.2, 0) is 15.1 Å². The quantitative estimate of drug-likeness (QED) is 0.468. The fraction of sp³-hybridized carbons (Fsp3) is 0.320. The summed E-state index contributed by atoms with van der Waals surface area (Å²) in [6.45, 7) is 0.603. The van der Waals surface area contributed by atoms with Crippen LogP contribution in [0.3, 0.4) is 0 Å². The lowest BCUT2D eigenvalue weighted by molar-refractivity contribution is -0.144. The lowest BCUT2D eigenvalue weighted by Crippen LogP contribution is -2.60. The van der Waals surface area contributed by atoms with E-state index < -0.39 is 17.6 Å². The van der Waals surface area contributed by atoms with Crippen molar-refractivity contribution in [2.45, 2.75) is 37.3 Å². The number of ether oxygens (including phenoxy) is 2. The van der Waals surface area contributed by atoms with E-state index in [0.29, 0.717) is 29.0 Å². The van der Waals surface area contributed by atoms with Crippen LogP contribution in [0, 0.1) is 5.92 Å². The molecule has 1 aliphatic heterocycles. The first kappa shape index (κ1) is 21.9. The molecule has 1 amide bonds. The van der Waals surface area contributed by atoms with Gasteiger partial charge in [0.1, 0.15) is 11.3 Å². The highest BCUT2D eigenvalue weighted by molar-refractivity contribution is 7.08. The molecule has 1 saturated carbocycles. The second-order valence-electron chi connectivity index (χ2n) is 8.42. The van der Waals surface area contributed by atoms with Crippen molar-refractivity contribution in [2.75, 3.05) is 6.61 Å². The van der Waals surface area contributed by atoms with Gasteiger partial charge in [-0.25, -0.2) is 4.98 Å². The molecule has 1 saturated heterocycles. The Labute approximate surface area is 200 Å². The van der Waals surface area contributed by atoms with Crippen molar-refractivity contribution in [2.24, 2.45) is 5.92 Å². The molecule has 1 aliphatic carbocycles. The van der Waals surface area contributed by atoms with Crippen LogP contribution in [0.2, 0.25) is 5.02 Å². The Balaban J connectivity index is 1.43. The smallest absolute Gasteiger partial charge is 0.269 e. The van der Waals surface area contributed by atoms with Gasteiger partial charge in [-0.3, -0.25) is 9.59 Å². The number of rotatable bonds is 8. The number of hydrogen-bond acceptors (Lipinski definition) is 6. The molecule has 0 radical (unpaired) electrons. The molecule has 2 fully saturated rings. The normalized spacial score (nSPS) is 22.6. The molecule has 170 valence electrons. The summed E-state index contributed by atoms with van der Waals surface area (Å²) in [7, 11) is 0. The van der Waals surface area contributed by atoms with Crippen LogP contribution < -0.4 is 14.8 Å². The number of hydrogen-bond donors (Lipinski definition) is 1. The summed E-state index contributed by atoms with van der Waals surface area (Å²) in [4.78, 5) is 31.1. The summed E-state index contributed by atoms with van der Waals surface area (Å²) in [6, 6.07) is 14.1. The number of aromatic nitrogens is 1. The fourth-order valence-electron chi connectivity index (χ4n) is 4.06. The number of carbonyl (C=O) groups excluding carboxylic acids is 2. The second-order valence-corrected chi connectivity index (χ2v) is 9.61. The SMILES string of the molecule is O=C1CC(c2ccsc2)(c2cccc(OCCC3CC3)n2)NC(=O)C1Oc1ccccc1Cl. The predicted octanol–water partition coefficient (Wildman–Crippen LogP) is 4.76. The number of Topliss-reactive ketones (excluding diaryl/α,β-unsaturated/α-hetero) is 1. The summed E-state index contributed by atoms with van der Waals surface area (Å²) in [5.74, 6) is 0.667. The number of piperidine rings is 1. The van der Waals surface area contributed by atoms with Crippen molar-refractivity contribution < 1.29 is 19.1 Å². The number of pyridine rings is 1. The summed E-state index contributed by atoms with van der Waals surface area (Å²) in [5, 5.41) is 7.21. The molecule has 0 spiro atoms. The average Bonchev–Trinajstić information content (AvgIpc) is 3.46. The minimum atomic E-state index is -1.28. The number of nitrogens with zero attached hydrogens (tertiary/aromatic N) is 1. The molecule has 6 nitrogen and oxygen atoms in total. The second kappa shape index (κ2) is 9.15. The Bertz CT molecular complexity index is 1140. The molecule has 1 aromatic carbocycles. The number of halogens is 1. The van der Waals surface area contributed by atoms with Gasteiger partial charge in [-0.1, -0.05) is 42.6 Å². The van der Waals surface area contributed by atoms with Gasteiger partial charge in [0.05, 0.1) is 17.3 Å². The molecule has 2 aromatic heterocycles. The van der Waals surface area contributed by atoms with E-state index in [0.717, 1.165) is 17.9 Å². The molecule has 8 heteroatoms. The fourth-order valence-corrected chi connectivity index (χ4v) is 4.97.